The van der Waals surface area contributed by atoms with Crippen molar-refractivity contribution in [3.05, 3.63) is 334 Å². The van der Waals surface area contributed by atoms with Gasteiger partial charge in [0, 0.05) is 53.6 Å². The maximum Gasteiger partial charge on any atom is 0.297 e. The number of aromatic nitrogens is 6. The number of carbonyl (C=O) groups is 3. The molecule has 0 spiro atoms. The average Bonchev–Trinajstić information content (AvgIpc) is 1.62. The molecule has 0 saturated heterocycles. The molecule has 0 bridgehead atoms. The van der Waals surface area contributed by atoms with Gasteiger partial charge in [-0.05, 0) is 166 Å². The lowest BCUT2D eigenvalue weighted by Gasteiger charge is -2.35. The number of nitrogens with two attached hydrogens (primary N) is 3. The first kappa shape index (κ1) is 84.0. The van der Waals surface area contributed by atoms with Crippen molar-refractivity contribution in [2.24, 2.45) is 35.0 Å². The molecule has 612 valence electrons. The highest BCUT2D eigenvalue weighted by atomic mass is 19.1. The summed E-state index contributed by atoms with van der Waals surface area (Å²) in [7, 11) is 0. The predicted octanol–water partition coefficient (Wildman–Crippen LogP) is 17.1. The van der Waals surface area contributed by atoms with E-state index in [4.69, 9.17) is 45.4 Å². The van der Waals surface area contributed by atoms with Crippen LogP contribution in [0.5, 0.6) is 0 Å². The Kier molecular flexibility index (Phi) is 26.2. The monoisotopic (exact) mass is 1610 g/mol. The lowest BCUT2D eigenvalue weighted by molar-refractivity contribution is 0.0596. The first-order valence-electron chi connectivity index (χ1n) is 40.1. The van der Waals surface area contributed by atoms with Crippen LogP contribution in [0.15, 0.2) is 246 Å². The first-order chi connectivity index (χ1) is 57.4. The van der Waals surface area contributed by atoms with E-state index in [1.54, 1.807) is 58.7 Å². The highest BCUT2D eigenvalue weighted by Crippen LogP contribution is 2.38. The zero-order chi connectivity index (χ0) is 84.5. The van der Waals surface area contributed by atoms with Gasteiger partial charge in [0.1, 0.15) is 68.2 Å². The van der Waals surface area contributed by atoms with Gasteiger partial charge in [0.2, 0.25) is 16.7 Å². The second kappa shape index (κ2) is 37.1. The highest BCUT2D eigenvalue weighted by molar-refractivity contribution is 6.04. The van der Waals surface area contributed by atoms with Crippen molar-refractivity contribution in [1.29, 1.82) is 0 Å². The Morgan fingerprint density at radius 2 is 0.697 bits per heavy atom. The third kappa shape index (κ3) is 18.1. The van der Waals surface area contributed by atoms with Gasteiger partial charge < -0.3 is 45.2 Å². The van der Waals surface area contributed by atoms with Gasteiger partial charge in [-0.15, -0.1) is 0 Å². The van der Waals surface area contributed by atoms with Crippen molar-refractivity contribution in [3.63, 3.8) is 0 Å². The predicted molar refractivity (Wildman–Crippen MR) is 460 cm³/mol. The number of amides is 3. The third-order valence-corrected chi connectivity index (χ3v) is 21.2. The summed E-state index contributed by atoms with van der Waals surface area (Å²) in [6.45, 7) is 20.5. The van der Waals surface area contributed by atoms with Crippen LogP contribution >= 0.6 is 0 Å². The Hall–Kier alpha value is -12.9. The van der Waals surface area contributed by atoms with Gasteiger partial charge in [0.15, 0.2) is 0 Å². The molecule has 3 atom stereocenters. The number of benzene rings is 9. The molecule has 0 aliphatic heterocycles. The van der Waals surface area contributed by atoms with Crippen LogP contribution in [-0.2, 0) is 19.6 Å². The Morgan fingerprint density at radius 3 is 1.03 bits per heavy atom. The lowest BCUT2D eigenvalue weighted by atomic mass is 9.98. The van der Waals surface area contributed by atoms with Crippen molar-refractivity contribution in [2.45, 2.75) is 113 Å². The average molecular weight is 1610 g/mol. The van der Waals surface area contributed by atoms with Gasteiger partial charge in [-0.1, -0.05) is 192 Å². The normalized spacial score (nSPS) is 12.4. The Bertz CT molecular complexity index is 6330. The maximum absolute atomic E-state index is 15.0. The van der Waals surface area contributed by atoms with Crippen LogP contribution < -0.4 is 33.9 Å². The van der Waals surface area contributed by atoms with Crippen LogP contribution in [0.1, 0.15) is 154 Å². The maximum atomic E-state index is 15.0. The van der Waals surface area contributed by atoms with Crippen LogP contribution in [0.25, 0.3) is 66.2 Å². The number of furan rings is 3. The second-order valence-corrected chi connectivity index (χ2v) is 31.0. The molecule has 0 radical (unpaired) electrons. The van der Waals surface area contributed by atoms with Crippen LogP contribution in [0.3, 0.4) is 0 Å². The minimum atomic E-state index is -0.599. The number of hydrogen-bond donors (Lipinski definition) is 3. The van der Waals surface area contributed by atoms with E-state index >= 15 is 4.39 Å². The molecule has 3 amide bonds. The molecule has 6 aromatic heterocycles. The summed E-state index contributed by atoms with van der Waals surface area (Å²) in [5.41, 5.74) is 25.8. The number of carbonyl (C=O) groups excluding carboxylic acids is 3. The number of fused-ring (bicyclic) bond motifs is 9. The molecule has 3 unspecified atom stereocenters. The first-order valence-corrected chi connectivity index (χ1v) is 40.1. The molecule has 21 nitrogen and oxygen atoms in total. The van der Waals surface area contributed by atoms with Gasteiger partial charge in [0.25, 0.3) is 34.4 Å². The zero-order valence-electron chi connectivity index (χ0n) is 68.1. The molecule has 9 aromatic carbocycles. The summed E-state index contributed by atoms with van der Waals surface area (Å²) in [5, 5.41) is 0.984. The molecule has 24 heteroatoms. The fraction of sp³-hybridized carbons (Fsp3) is 0.274. The zero-order valence-corrected chi connectivity index (χ0v) is 68.1. The molecule has 0 aliphatic carbocycles. The summed E-state index contributed by atoms with van der Waals surface area (Å²) in [5.74, 6) is -1.19. The van der Waals surface area contributed by atoms with Gasteiger partial charge >= 0.3 is 0 Å². The summed E-state index contributed by atoms with van der Waals surface area (Å²) in [6.07, 6.45) is 1.14. The van der Waals surface area contributed by atoms with E-state index < -0.39 is 46.7 Å². The number of rotatable bonds is 26. The molecule has 0 fully saturated rings. The fourth-order valence-corrected chi connectivity index (χ4v) is 15.3. The van der Waals surface area contributed by atoms with Crippen molar-refractivity contribution in [3.8, 4) is 0 Å². The summed E-state index contributed by atoms with van der Waals surface area (Å²) in [4.78, 5) is 104. The molecular weight excluding hydrogens is 1510 g/mol. The number of aryl methyl sites for hydroxylation is 3. The highest BCUT2D eigenvalue weighted by Gasteiger charge is 2.38. The Morgan fingerprint density at radius 1 is 0.378 bits per heavy atom. The standard InChI is InChI=1S/2C32H33FN4O3.C31H31FN4O3/c1-20(2)28(36(18-8-17-34)31(38)23-15-13-21(3)14-16-23)30-35-27-26-24(33)11-7-12-25(26)40-29(27)32(39)37(30)19-22-9-5-4-6-10-22;1-20(2)28(36(17-7-16-34)31(38)23-12-10-21(3)11-13-23)30-35-27-25-18-24(33)14-15-26(25)40-29(27)32(39)37(30)19-22-8-5-4-6-9-22;1-19(2)27(35(16-15-33)30(37)22-11-9-20(3)10-12-22)29-34-26-24-17-23(32)13-14-25(24)39-28(26)31(38)36(29)18-21-7-5-4-6-8-21/h4-7,9-16,20,28H,8,17-19,34H2,1-3H3;4-6,8-15,18,20,28H,7,16-17,19,34H2,1-3H3;4-14,17,19,27H,15-16,18,33H2,1-3H3. The quantitative estimate of drug-likeness (QED) is 0.0454. The van der Waals surface area contributed by atoms with Crippen molar-refractivity contribution >= 4 is 83.9 Å². The van der Waals surface area contributed by atoms with E-state index in [0.29, 0.717) is 95.1 Å². The van der Waals surface area contributed by atoms with Crippen LogP contribution in [-0.4, -0.2) is 100 Å². The molecule has 119 heavy (non-hydrogen) atoms. The smallest absolute Gasteiger partial charge is 0.297 e. The summed E-state index contributed by atoms with van der Waals surface area (Å²) >= 11 is 0. The fourth-order valence-electron chi connectivity index (χ4n) is 15.3. The van der Waals surface area contributed by atoms with Crippen molar-refractivity contribution in [1.82, 2.24) is 43.4 Å². The number of halogens is 3. The molecule has 0 saturated carbocycles. The SMILES string of the molecule is Cc1ccc(C(=O)N(CCCN)C(c2nc3c(oc4ccc(F)cc43)c(=O)n2Cc2ccccc2)C(C)C)cc1.Cc1ccc(C(=O)N(CCCN)C(c2nc3c(oc4cccc(F)c43)c(=O)n2Cc2ccccc2)C(C)C)cc1.Cc1ccc(C(=O)N(CCN)C(c2nc3c(oc4ccc(F)cc43)c(=O)n2Cc2ccccc2)C(C)C)cc1. The number of nitrogens with zero attached hydrogens (tertiary/aromatic N) is 9. The third-order valence-electron chi connectivity index (χ3n) is 21.2. The van der Waals surface area contributed by atoms with E-state index in [1.165, 1.54) is 48.5 Å². The lowest BCUT2D eigenvalue weighted by Crippen LogP contribution is -2.43. The molecule has 15 aromatic rings. The van der Waals surface area contributed by atoms with Gasteiger partial charge in [-0.25, -0.2) is 28.1 Å². The van der Waals surface area contributed by atoms with Crippen LogP contribution in [0.2, 0.25) is 0 Å². The van der Waals surface area contributed by atoms with E-state index in [-0.39, 0.29) is 118 Å². The topological polar surface area (TPSA) is 283 Å². The molecule has 6 heterocycles. The Labute approximate surface area is 686 Å². The van der Waals surface area contributed by atoms with Crippen molar-refractivity contribution < 1.29 is 40.8 Å². The molecule has 6 N–H and O–H groups in total. The molecular formula is C95H97F3N12O9. The Balaban J connectivity index is 0.000000155. The van der Waals surface area contributed by atoms with Crippen LogP contribution in [0.4, 0.5) is 13.2 Å². The van der Waals surface area contributed by atoms with Gasteiger partial charge in [-0.3, -0.25) is 42.5 Å². The van der Waals surface area contributed by atoms with E-state index in [2.05, 4.69) is 0 Å². The summed E-state index contributed by atoms with van der Waals surface area (Å²) < 4.78 is 65.9. The minimum absolute atomic E-state index is 0.0133. The van der Waals surface area contributed by atoms with E-state index in [1.807, 2.05) is 202 Å². The van der Waals surface area contributed by atoms with Gasteiger partial charge in [0.05, 0.1) is 43.1 Å². The largest absolute Gasteiger partial charge is 0.448 e. The van der Waals surface area contributed by atoms with E-state index in [9.17, 15) is 37.5 Å². The van der Waals surface area contributed by atoms with Crippen LogP contribution in [0, 0.1) is 56.0 Å². The molecule has 15 rings (SSSR count). The summed E-state index contributed by atoms with van der Waals surface area (Å²) in [6, 6.07) is 61.8. The van der Waals surface area contributed by atoms with E-state index in [0.717, 1.165) is 33.4 Å². The minimum Gasteiger partial charge on any atom is -0.448 e. The van der Waals surface area contributed by atoms with Crippen molar-refractivity contribution in [2.75, 3.05) is 39.3 Å². The number of hydrogen-bond acceptors (Lipinski definition) is 15. The van der Waals surface area contributed by atoms with Gasteiger partial charge in [-0.2, -0.15) is 0 Å². The second-order valence-electron chi connectivity index (χ2n) is 31.0. The molecule has 0 aliphatic rings.